The smallest absolute Gasteiger partial charge is 0.281 e. The van der Waals surface area contributed by atoms with E-state index in [9.17, 15) is 9.90 Å². The summed E-state index contributed by atoms with van der Waals surface area (Å²) in [6.07, 6.45) is 0. The molecule has 30 heavy (non-hydrogen) atoms. The van der Waals surface area contributed by atoms with Gasteiger partial charge in [-0.25, -0.2) is 5.43 Å². The predicted octanol–water partition coefficient (Wildman–Crippen LogP) is 4.62. The molecule has 4 aromatic carbocycles. The zero-order valence-electron chi connectivity index (χ0n) is 16.6. The number of hydrogen-bond donors (Lipinski definition) is 2. The highest BCUT2D eigenvalue weighted by molar-refractivity contribution is 6.10. The topological polar surface area (TPSA) is 61.7 Å². The van der Waals surface area contributed by atoms with Crippen molar-refractivity contribution in [2.75, 3.05) is 0 Å². The quantitative estimate of drug-likeness (QED) is 0.383. The second-order valence-corrected chi connectivity index (χ2v) is 7.11. The molecule has 0 bridgehead atoms. The van der Waals surface area contributed by atoms with Crippen molar-refractivity contribution in [3.63, 3.8) is 0 Å². The lowest BCUT2D eigenvalue weighted by Gasteiger charge is -2.27. The molecule has 4 aromatic rings. The van der Waals surface area contributed by atoms with Gasteiger partial charge < -0.3 is 5.11 Å². The largest absolute Gasteiger partial charge is 0.372 e. The molecular weight excluding hydrogens is 372 g/mol. The summed E-state index contributed by atoms with van der Waals surface area (Å²) in [6.45, 7) is 1.84. The summed E-state index contributed by atoms with van der Waals surface area (Å²) < 4.78 is 0. The molecule has 0 fully saturated rings. The molecule has 0 spiro atoms. The first-order valence-corrected chi connectivity index (χ1v) is 9.77. The molecule has 0 saturated heterocycles. The normalized spacial score (nSPS) is 12.0. The van der Waals surface area contributed by atoms with E-state index in [0.29, 0.717) is 16.8 Å². The molecule has 0 unspecified atom stereocenters. The molecule has 1 amide bonds. The Balaban J connectivity index is 1.70. The Morgan fingerprint density at radius 1 is 0.767 bits per heavy atom. The van der Waals surface area contributed by atoms with Gasteiger partial charge in [0.2, 0.25) is 0 Å². The lowest BCUT2D eigenvalue weighted by atomic mass is 9.85. The highest BCUT2D eigenvalue weighted by Crippen LogP contribution is 2.30. The number of carbonyl (C=O) groups is 1. The molecule has 0 radical (unpaired) electrons. The van der Waals surface area contributed by atoms with Crippen molar-refractivity contribution in [3.8, 4) is 0 Å². The average molecular weight is 394 g/mol. The van der Waals surface area contributed by atoms with Gasteiger partial charge in [-0.05, 0) is 28.8 Å². The molecular formula is C26H22N2O2. The first-order chi connectivity index (χ1) is 14.6. The van der Waals surface area contributed by atoms with Crippen molar-refractivity contribution in [2.45, 2.75) is 12.5 Å². The van der Waals surface area contributed by atoms with Gasteiger partial charge >= 0.3 is 0 Å². The van der Waals surface area contributed by atoms with E-state index in [2.05, 4.69) is 10.5 Å². The van der Waals surface area contributed by atoms with Gasteiger partial charge in [0.1, 0.15) is 0 Å². The van der Waals surface area contributed by atoms with E-state index in [-0.39, 0.29) is 0 Å². The summed E-state index contributed by atoms with van der Waals surface area (Å²) in [6, 6.07) is 31.8. The van der Waals surface area contributed by atoms with Crippen LogP contribution in [-0.4, -0.2) is 16.7 Å². The monoisotopic (exact) mass is 394 g/mol. The van der Waals surface area contributed by atoms with Gasteiger partial charge in [0.05, 0.1) is 5.71 Å². The Morgan fingerprint density at radius 2 is 1.30 bits per heavy atom. The van der Waals surface area contributed by atoms with Crippen molar-refractivity contribution in [1.29, 1.82) is 0 Å². The van der Waals surface area contributed by atoms with E-state index in [1.807, 2.05) is 61.5 Å². The SMILES string of the molecule is C/C(=N/NC(=O)C(O)(c1ccccc1)c1ccccc1)c1cccc2ccccc12. The summed E-state index contributed by atoms with van der Waals surface area (Å²) in [7, 11) is 0. The Bertz CT molecular complexity index is 1160. The van der Waals surface area contributed by atoms with Crippen LogP contribution in [0, 0.1) is 0 Å². The van der Waals surface area contributed by atoms with Crippen LogP contribution in [-0.2, 0) is 10.4 Å². The highest BCUT2D eigenvalue weighted by Gasteiger charge is 2.39. The van der Waals surface area contributed by atoms with E-state index in [1.165, 1.54) is 0 Å². The predicted molar refractivity (Wildman–Crippen MR) is 120 cm³/mol. The zero-order chi connectivity index (χ0) is 21.0. The van der Waals surface area contributed by atoms with E-state index in [1.54, 1.807) is 48.5 Å². The van der Waals surface area contributed by atoms with Gasteiger partial charge in [-0.1, -0.05) is 103 Å². The maximum atomic E-state index is 13.2. The van der Waals surface area contributed by atoms with Crippen LogP contribution in [0.3, 0.4) is 0 Å². The number of amides is 1. The molecule has 4 nitrogen and oxygen atoms in total. The minimum Gasteiger partial charge on any atom is -0.372 e. The van der Waals surface area contributed by atoms with E-state index in [0.717, 1.165) is 16.3 Å². The Labute approximate surface area is 175 Å². The van der Waals surface area contributed by atoms with Crippen LogP contribution in [0.15, 0.2) is 108 Å². The highest BCUT2D eigenvalue weighted by atomic mass is 16.3. The maximum absolute atomic E-state index is 13.2. The first-order valence-electron chi connectivity index (χ1n) is 9.77. The number of aliphatic hydroxyl groups is 1. The second kappa shape index (κ2) is 8.31. The van der Waals surface area contributed by atoms with Gasteiger partial charge in [-0.15, -0.1) is 0 Å². The van der Waals surface area contributed by atoms with Gasteiger partial charge in [-0.3, -0.25) is 4.79 Å². The van der Waals surface area contributed by atoms with Crippen molar-refractivity contribution in [1.82, 2.24) is 5.43 Å². The third-order valence-corrected chi connectivity index (χ3v) is 5.22. The number of nitrogens with one attached hydrogen (secondary N) is 1. The van der Waals surface area contributed by atoms with Crippen molar-refractivity contribution < 1.29 is 9.90 Å². The minimum atomic E-state index is -1.86. The molecule has 0 aliphatic heterocycles. The summed E-state index contributed by atoms with van der Waals surface area (Å²) in [5.41, 5.74) is 3.27. The molecule has 4 heteroatoms. The number of benzene rings is 4. The number of carbonyl (C=O) groups excluding carboxylic acids is 1. The van der Waals surface area contributed by atoms with E-state index >= 15 is 0 Å². The number of hydrazone groups is 1. The fourth-order valence-corrected chi connectivity index (χ4v) is 3.60. The number of fused-ring (bicyclic) bond motifs is 1. The molecule has 4 rings (SSSR count). The summed E-state index contributed by atoms with van der Waals surface area (Å²) in [4.78, 5) is 13.2. The van der Waals surface area contributed by atoms with Crippen molar-refractivity contribution in [3.05, 3.63) is 120 Å². The van der Waals surface area contributed by atoms with Gasteiger partial charge in [0.15, 0.2) is 5.60 Å². The molecule has 2 N–H and O–H groups in total. The Morgan fingerprint density at radius 3 is 1.93 bits per heavy atom. The van der Waals surface area contributed by atoms with Gasteiger partial charge in [-0.2, -0.15) is 5.10 Å². The molecule has 0 atom stereocenters. The Kier molecular flexibility index (Phi) is 5.42. The molecule has 0 heterocycles. The van der Waals surface area contributed by atoms with Crippen LogP contribution < -0.4 is 5.43 Å². The fourth-order valence-electron chi connectivity index (χ4n) is 3.60. The van der Waals surface area contributed by atoms with Crippen molar-refractivity contribution in [2.24, 2.45) is 5.10 Å². The molecule has 0 aliphatic carbocycles. The zero-order valence-corrected chi connectivity index (χ0v) is 16.6. The minimum absolute atomic E-state index is 0.478. The van der Waals surface area contributed by atoms with Crippen LogP contribution in [0.5, 0.6) is 0 Å². The lowest BCUT2D eigenvalue weighted by molar-refractivity contribution is -0.136. The summed E-state index contributed by atoms with van der Waals surface area (Å²) in [5, 5.41) is 18.0. The van der Waals surface area contributed by atoms with Gasteiger partial charge in [0.25, 0.3) is 5.91 Å². The van der Waals surface area contributed by atoms with E-state index in [4.69, 9.17) is 0 Å². The number of nitrogens with zero attached hydrogens (tertiary/aromatic N) is 1. The molecule has 0 aliphatic rings. The van der Waals surface area contributed by atoms with Crippen LogP contribution in [0.2, 0.25) is 0 Å². The standard InChI is InChI=1S/C26H22N2O2/c1-19(23-18-10-12-20-11-8-9-17-24(20)23)27-28-25(29)26(30,21-13-4-2-5-14-21)22-15-6-3-7-16-22/h2-18,30H,1H3,(H,28,29)/b27-19-. The summed E-state index contributed by atoms with van der Waals surface area (Å²) in [5.74, 6) is -0.612. The third-order valence-electron chi connectivity index (χ3n) is 5.22. The number of hydrogen-bond acceptors (Lipinski definition) is 3. The van der Waals surface area contributed by atoms with Crippen LogP contribution >= 0.6 is 0 Å². The lowest BCUT2D eigenvalue weighted by Crippen LogP contribution is -2.43. The van der Waals surface area contributed by atoms with E-state index < -0.39 is 11.5 Å². The summed E-state index contributed by atoms with van der Waals surface area (Å²) >= 11 is 0. The Hall–Kier alpha value is -3.76. The molecule has 0 saturated carbocycles. The first kappa shape index (κ1) is 19.6. The average Bonchev–Trinajstić information content (AvgIpc) is 2.82. The molecule has 0 aromatic heterocycles. The maximum Gasteiger partial charge on any atom is 0.281 e. The second-order valence-electron chi connectivity index (χ2n) is 7.11. The van der Waals surface area contributed by atoms with Crippen LogP contribution in [0.1, 0.15) is 23.6 Å². The van der Waals surface area contributed by atoms with Gasteiger partial charge in [0, 0.05) is 5.56 Å². The third kappa shape index (κ3) is 3.61. The van der Waals surface area contributed by atoms with Crippen molar-refractivity contribution >= 4 is 22.4 Å². The van der Waals surface area contributed by atoms with Crippen LogP contribution in [0.4, 0.5) is 0 Å². The fraction of sp³-hybridized carbons (Fsp3) is 0.0769. The number of rotatable bonds is 5. The molecule has 148 valence electrons. The van der Waals surface area contributed by atoms with Crippen LogP contribution in [0.25, 0.3) is 10.8 Å².